The molecule has 0 aromatic heterocycles. The van der Waals surface area contributed by atoms with Gasteiger partial charge in [-0.2, -0.15) is 8.78 Å². The van der Waals surface area contributed by atoms with Crippen LogP contribution in [-0.2, 0) is 4.79 Å². The molecule has 1 aromatic carbocycles. The quantitative estimate of drug-likeness (QED) is 0.836. The van der Waals surface area contributed by atoms with Gasteiger partial charge in [-0.05, 0) is 32.0 Å². The maximum absolute atomic E-state index is 12.4. The molecule has 1 fully saturated rings. The fourth-order valence-corrected chi connectivity index (χ4v) is 2.81. The molecule has 0 bridgehead atoms. The van der Waals surface area contributed by atoms with E-state index in [4.69, 9.17) is 0 Å². The van der Waals surface area contributed by atoms with Crippen LogP contribution >= 0.6 is 11.8 Å². The summed E-state index contributed by atoms with van der Waals surface area (Å²) in [7, 11) is 0. The van der Waals surface area contributed by atoms with Gasteiger partial charge in [0, 0.05) is 10.9 Å². The van der Waals surface area contributed by atoms with Crippen LogP contribution in [0.3, 0.4) is 0 Å². The smallest absolute Gasteiger partial charge is 0.288 e. The SMILES string of the molecule is CC1NCCC1C(=O)Nc1ccccc1SC(F)F. The van der Waals surface area contributed by atoms with Gasteiger partial charge in [0.05, 0.1) is 11.6 Å². The summed E-state index contributed by atoms with van der Waals surface area (Å²) >= 11 is 0.447. The molecule has 104 valence electrons. The Bertz CT molecular complexity index is 456. The zero-order valence-electron chi connectivity index (χ0n) is 10.5. The lowest BCUT2D eigenvalue weighted by molar-refractivity contribution is -0.120. The molecule has 0 aliphatic carbocycles. The Hall–Kier alpha value is -1.14. The Balaban J connectivity index is 2.08. The third kappa shape index (κ3) is 3.67. The molecule has 2 atom stereocenters. The number of hydrogen-bond acceptors (Lipinski definition) is 3. The van der Waals surface area contributed by atoms with E-state index in [9.17, 15) is 13.6 Å². The molecule has 2 unspecified atom stereocenters. The summed E-state index contributed by atoms with van der Waals surface area (Å²) < 4.78 is 24.9. The standard InChI is InChI=1S/C13H16F2N2OS/c1-8-9(6-7-16-8)12(18)17-10-4-2-3-5-11(10)19-13(14)15/h2-5,8-9,13,16H,6-7H2,1H3,(H,17,18). The number of amides is 1. The van der Waals surface area contributed by atoms with E-state index in [1.165, 1.54) is 0 Å². The van der Waals surface area contributed by atoms with Crippen molar-refractivity contribution >= 4 is 23.4 Å². The number of para-hydroxylation sites is 1. The van der Waals surface area contributed by atoms with E-state index in [2.05, 4.69) is 10.6 Å². The number of benzene rings is 1. The second-order valence-electron chi connectivity index (χ2n) is 4.50. The van der Waals surface area contributed by atoms with E-state index in [0.29, 0.717) is 22.3 Å². The summed E-state index contributed by atoms with van der Waals surface area (Å²) in [6.07, 6.45) is 0.775. The van der Waals surface area contributed by atoms with Crippen molar-refractivity contribution in [1.82, 2.24) is 5.32 Å². The number of rotatable bonds is 4. The maximum atomic E-state index is 12.4. The number of anilines is 1. The molecule has 1 aliphatic heterocycles. The average Bonchev–Trinajstić information content (AvgIpc) is 2.77. The van der Waals surface area contributed by atoms with Crippen LogP contribution in [0.5, 0.6) is 0 Å². The second-order valence-corrected chi connectivity index (χ2v) is 5.53. The molecule has 1 aliphatic rings. The summed E-state index contributed by atoms with van der Waals surface area (Å²) in [4.78, 5) is 12.5. The van der Waals surface area contributed by atoms with E-state index in [0.717, 1.165) is 13.0 Å². The molecule has 3 nitrogen and oxygen atoms in total. The second kappa shape index (κ2) is 6.34. The van der Waals surface area contributed by atoms with Crippen LogP contribution < -0.4 is 10.6 Å². The van der Waals surface area contributed by atoms with E-state index < -0.39 is 5.76 Å². The maximum Gasteiger partial charge on any atom is 0.288 e. The third-order valence-electron chi connectivity index (χ3n) is 3.22. The Morgan fingerprint density at radius 2 is 2.21 bits per heavy atom. The lowest BCUT2D eigenvalue weighted by Crippen LogP contribution is -2.32. The number of hydrogen-bond donors (Lipinski definition) is 2. The minimum Gasteiger partial charge on any atom is -0.325 e. The number of nitrogens with one attached hydrogen (secondary N) is 2. The molecule has 0 spiro atoms. The van der Waals surface area contributed by atoms with Crippen LogP contribution in [0.25, 0.3) is 0 Å². The number of thioether (sulfide) groups is 1. The van der Waals surface area contributed by atoms with Gasteiger partial charge in [-0.3, -0.25) is 4.79 Å². The normalized spacial score (nSPS) is 22.7. The van der Waals surface area contributed by atoms with Crippen molar-refractivity contribution in [3.8, 4) is 0 Å². The third-order valence-corrected chi connectivity index (χ3v) is 4.01. The van der Waals surface area contributed by atoms with Crippen molar-refractivity contribution in [2.75, 3.05) is 11.9 Å². The van der Waals surface area contributed by atoms with Gasteiger partial charge >= 0.3 is 0 Å². The van der Waals surface area contributed by atoms with Crippen molar-refractivity contribution in [1.29, 1.82) is 0 Å². The van der Waals surface area contributed by atoms with Crippen LogP contribution in [0.2, 0.25) is 0 Å². The molecule has 0 saturated carbocycles. The number of alkyl halides is 2. The first kappa shape index (κ1) is 14.3. The topological polar surface area (TPSA) is 41.1 Å². The van der Waals surface area contributed by atoms with Gasteiger partial charge in [-0.1, -0.05) is 23.9 Å². The molecule has 19 heavy (non-hydrogen) atoms. The number of carbonyl (C=O) groups excluding carboxylic acids is 1. The minimum absolute atomic E-state index is 0.107. The highest BCUT2D eigenvalue weighted by molar-refractivity contribution is 7.99. The Morgan fingerprint density at radius 3 is 2.84 bits per heavy atom. The van der Waals surface area contributed by atoms with E-state index >= 15 is 0 Å². The van der Waals surface area contributed by atoms with Crippen LogP contribution in [-0.4, -0.2) is 24.3 Å². The average molecular weight is 286 g/mol. The molecule has 2 N–H and O–H groups in total. The van der Waals surface area contributed by atoms with Gasteiger partial charge in [-0.25, -0.2) is 0 Å². The summed E-state index contributed by atoms with van der Waals surface area (Å²) in [6, 6.07) is 6.76. The molecule has 1 heterocycles. The summed E-state index contributed by atoms with van der Waals surface area (Å²) in [5.41, 5.74) is 0.455. The van der Waals surface area contributed by atoms with Gasteiger partial charge in [0.2, 0.25) is 5.91 Å². The molecule has 2 rings (SSSR count). The van der Waals surface area contributed by atoms with E-state index in [-0.39, 0.29) is 17.9 Å². The fourth-order valence-electron chi connectivity index (χ4n) is 2.21. The Kier molecular flexibility index (Phi) is 4.76. The first-order valence-corrected chi connectivity index (χ1v) is 7.04. The monoisotopic (exact) mass is 286 g/mol. The van der Waals surface area contributed by atoms with Gasteiger partial charge < -0.3 is 10.6 Å². The first-order valence-electron chi connectivity index (χ1n) is 6.16. The molecule has 1 saturated heterocycles. The van der Waals surface area contributed by atoms with Crippen molar-refractivity contribution in [2.24, 2.45) is 5.92 Å². The van der Waals surface area contributed by atoms with Gasteiger partial charge in [0.15, 0.2) is 0 Å². The summed E-state index contributed by atoms with van der Waals surface area (Å²) in [5.74, 6) is -2.71. The van der Waals surface area contributed by atoms with Gasteiger partial charge in [0.25, 0.3) is 5.76 Å². The van der Waals surface area contributed by atoms with E-state index in [1.807, 2.05) is 6.92 Å². The molecule has 0 radical (unpaired) electrons. The lowest BCUT2D eigenvalue weighted by Gasteiger charge is -2.16. The number of halogens is 2. The summed E-state index contributed by atoms with van der Waals surface area (Å²) in [6.45, 7) is 2.77. The molecular weight excluding hydrogens is 270 g/mol. The van der Waals surface area contributed by atoms with Gasteiger partial charge in [0.1, 0.15) is 0 Å². The molecule has 1 aromatic rings. The molecule has 6 heteroatoms. The highest BCUT2D eigenvalue weighted by atomic mass is 32.2. The lowest BCUT2D eigenvalue weighted by atomic mass is 10.0. The van der Waals surface area contributed by atoms with Crippen LogP contribution in [0, 0.1) is 5.92 Å². The van der Waals surface area contributed by atoms with Crippen LogP contribution in [0.1, 0.15) is 13.3 Å². The Labute approximate surface area is 115 Å². The van der Waals surface area contributed by atoms with Crippen molar-refractivity contribution in [3.63, 3.8) is 0 Å². The van der Waals surface area contributed by atoms with E-state index in [1.54, 1.807) is 24.3 Å². The zero-order valence-corrected chi connectivity index (χ0v) is 11.3. The highest BCUT2D eigenvalue weighted by Crippen LogP contribution is 2.32. The summed E-state index contributed by atoms with van der Waals surface area (Å²) in [5, 5.41) is 5.95. The molecular formula is C13H16F2N2OS. The fraction of sp³-hybridized carbons (Fsp3) is 0.462. The van der Waals surface area contributed by atoms with Crippen molar-refractivity contribution < 1.29 is 13.6 Å². The van der Waals surface area contributed by atoms with Crippen molar-refractivity contribution in [3.05, 3.63) is 24.3 Å². The largest absolute Gasteiger partial charge is 0.325 e. The highest BCUT2D eigenvalue weighted by Gasteiger charge is 2.29. The zero-order chi connectivity index (χ0) is 13.8. The van der Waals surface area contributed by atoms with Crippen molar-refractivity contribution in [2.45, 2.75) is 30.0 Å². The van der Waals surface area contributed by atoms with Crippen LogP contribution in [0.15, 0.2) is 29.2 Å². The van der Waals surface area contributed by atoms with Gasteiger partial charge in [-0.15, -0.1) is 0 Å². The predicted octanol–water partition coefficient (Wildman–Crippen LogP) is 2.94. The minimum atomic E-state index is -2.50. The predicted molar refractivity (Wildman–Crippen MR) is 72.5 cm³/mol. The Morgan fingerprint density at radius 1 is 1.47 bits per heavy atom. The number of carbonyl (C=O) groups is 1. The first-order chi connectivity index (χ1) is 9.08. The van der Waals surface area contributed by atoms with Crippen LogP contribution in [0.4, 0.5) is 14.5 Å². The molecule has 1 amide bonds.